The van der Waals surface area contributed by atoms with Crippen LogP contribution in [0.3, 0.4) is 0 Å². The van der Waals surface area contributed by atoms with Crippen LogP contribution in [0, 0.1) is 5.92 Å². The van der Waals surface area contributed by atoms with Crippen LogP contribution in [0.4, 0.5) is 4.39 Å². The van der Waals surface area contributed by atoms with E-state index in [1.165, 1.54) is 0 Å². The lowest BCUT2D eigenvalue weighted by atomic mass is 9.98. The van der Waals surface area contributed by atoms with Gasteiger partial charge in [0, 0.05) is 17.8 Å². The van der Waals surface area contributed by atoms with Gasteiger partial charge in [-0.2, -0.15) is 0 Å². The average molecular weight is 477 g/mol. The number of rotatable bonds is 11. The van der Waals surface area contributed by atoms with Crippen LogP contribution in [0.5, 0.6) is 0 Å². The molecule has 2 aromatic carbocycles. The Balaban J connectivity index is 1.66. The fourth-order valence-corrected chi connectivity index (χ4v) is 4.44. The molecule has 0 bridgehead atoms. The summed E-state index contributed by atoms with van der Waals surface area (Å²) in [5, 5.41) is 14.3. The number of aromatic amines is 1. The van der Waals surface area contributed by atoms with Gasteiger partial charge >= 0.3 is 5.69 Å². The smallest absolute Gasteiger partial charge is 0.293 e. The molecule has 8 heteroatoms. The zero-order valence-corrected chi connectivity index (χ0v) is 20.7. The van der Waals surface area contributed by atoms with Crippen molar-refractivity contribution in [3.05, 3.63) is 76.0 Å². The zero-order chi connectivity index (χ0) is 24.8. The highest BCUT2D eigenvalue weighted by atomic mass is 19.1. The first-order chi connectivity index (χ1) is 17.0. The predicted molar refractivity (Wildman–Crippen MR) is 136 cm³/mol. The van der Waals surface area contributed by atoms with Gasteiger partial charge in [0.1, 0.15) is 6.67 Å². The summed E-state index contributed by atoms with van der Waals surface area (Å²) in [7, 11) is 0. The zero-order valence-electron chi connectivity index (χ0n) is 20.7. The number of hydrogen-bond acceptors (Lipinski definition) is 4. The van der Waals surface area contributed by atoms with Crippen LogP contribution in [0.1, 0.15) is 57.0 Å². The van der Waals surface area contributed by atoms with Gasteiger partial charge in [-0.25, -0.2) is 14.3 Å². The van der Waals surface area contributed by atoms with E-state index in [2.05, 4.69) is 41.4 Å². The number of halogens is 1. The molecule has 2 aromatic heterocycles. The Hall–Kier alpha value is -3.55. The second-order valence-corrected chi connectivity index (χ2v) is 9.33. The maximum atomic E-state index is 14.1. The summed E-state index contributed by atoms with van der Waals surface area (Å²) in [6.45, 7) is 6.74. The van der Waals surface area contributed by atoms with E-state index in [1.807, 2.05) is 48.5 Å². The highest BCUT2D eigenvalue weighted by molar-refractivity contribution is 5.80. The molecule has 0 aliphatic rings. The number of alkyl halides is 1. The van der Waals surface area contributed by atoms with Crippen molar-refractivity contribution in [3.63, 3.8) is 0 Å². The molecule has 0 saturated heterocycles. The molecule has 7 nitrogen and oxygen atoms in total. The summed E-state index contributed by atoms with van der Waals surface area (Å²) in [5.74, 6) is 1.09. The van der Waals surface area contributed by atoms with Crippen molar-refractivity contribution in [2.45, 2.75) is 66.2 Å². The third-order valence-corrected chi connectivity index (χ3v) is 6.40. The number of benzene rings is 2. The van der Waals surface area contributed by atoms with Crippen molar-refractivity contribution < 1.29 is 4.39 Å². The Kier molecular flexibility index (Phi) is 7.90. The normalized spacial score (nSPS) is 11.5. The summed E-state index contributed by atoms with van der Waals surface area (Å²) in [6, 6.07) is 16.1. The van der Waals surface area contributed by atoms with Crippen molar-refractivity contribution >= 4 is 0 Å². The van der Waals surface area contributed by atoms with E-state index in [-0.39, 0.29) is 5.69 Å². The lowest BCUT2D eigenvalue weighted by Crippen LogP contribution is -2.26. The van der Waals surface area contributed by atoms with Gasteiger partial charge in [0.05, 0.1) is 12.2 Å². The van der Waals surface area contributed by atoms with Crippen molar-refractivity contribution in [2.75, 3.05) is 0 Å². The minimum absolute atomic E-state index is 0.114. The molecule has 35 heavy (non-hydrogen) atoms. The molecule has 0 aliphatic carbocycles. The third kappa shape index (κ3) is 5.42. The molecule has 0 radical (unpaired) electrons. The average Bonchev–Trinajstić information content (AvgIpc) is 3.49. The lowest BCUT2D eigenvalue weighted by Gasteiger charge is -2.12. The molecule has 0 aliphatic heterocycles. The summed E-state index contributed by atoms with van der Waals surface area (Å²) < 4.78 is 17.6. The molecule has 4 aromatic rings. The van der Waals surface area contributed by atoms with Crippen LogP contribution < -0.4 is 5.69 Å². The number of nitrogens with one attached hydrogen (secondary N) is 1. The molecule has 0 amide bonds. The standard InChI is InChI=1S/C27H33FN6O/c1-4-5-16-33-25(17-28)24(15-10-19(2)3)34(27(33)35)18-20-11-13-21(14-12-20)22-8-6-7-9-23(22)26-29-31-32-30-26/h6-9,11-14,19H,4-5,10,15-18H2,1-3H3,(H,29,30,31,32). The highest BCUT2D eigenvalue weighted by Crippen LogP contribution is 2.30. The van der Waals surface area contributed by atoms with Crippen LogP contribution in [0.25, 0.3) is 22.5 Å². The lowest BCUT2D eigenvalue weighted by molar-refractivity contribution is 0.445. The molecule has 4 rings (SSSR count). The Morgan fingerprint density at radius 3 is 2.37 bits per heavy atom. The van der Waals surface area contributed by atoms with E-state index in [4.69, 9.17) is 0 Å². The van der Waals surface area contributed by atoms with Crippen molar-refractivity contribution in [3.8, 4) is 22.5 Å². The largest absolute Gasteiger partial charge is 0.328 e. The highest BCUT2D eigenvalue weighted by Gasteiger charge is 2.20. The van der Waals surface area contributed by atoms with Gasteiger partial charge in [-0.1, -0.05) is 75.7 Å². The van der Waals surface area contributed by atoms with Crippen molar-refractivity contribution in [1.29, 1.82) is 0 Å². The summed E-state index contributed by atoms with van der Waals surface area (Å²) in [5.41, 5.74) is 5.20. The number of tetrazole rings is 1. The Labute approximate surface area is 205 Å². The summed E-state index contributed by atoms with van der Waals surface area (Å²) >= 11 is 0. The fraction of sp³-hybridized carbons (Fsp3) is 0.407. The van der Waals surface area contributed by atoms with E-state index in [0.717, 1.165) is 47.2 Å². The molecule has 0 saturated carbocycles. The summed E-state index contributed by atoms with van der Waals surface area (Å²) in [6.07, 6.45) is 3.42. The predicted octanol–water partition coefficient (Wildman–Crippen LogP) is 5.40. The molecule has 0 unspecified atom stereocenters. The summed E-state index contributed by atoms with van der Waals surface area (Å²) in [4.78, 5) is 13.3. The van der Waals surface area contributed by atoms with E-state index < -0.39 is 6.67 Å². The van der Waals surface area contributed by atoms with Gasteiger partial charge < -0.3 is 0 Å². The third-order valence-electron chi connectivity index (χ3n) is 6.40. The van der Waals surface area contributed by atoms with Gasteiger partial charge in [-0.05, 0) is 52.3 Å². The van der Waals surface area contributed by atoms with Gasteiger partial charge in [-0.3, -0.25) is 9.13 Å². The minimum Gasteiger partial charge on any atom is -0.293 e. The number of aromatic nitrogens is 6. The van der Waals surface area contributed by atoms with Crippen LogP contribution in [-0.4, -0.2) is 29.8 Å². The number of imidazole rings is 1. The first kappa shape index (κ1) is 24.6. The van der Waals surface area contributed by atoms with Gasteiger partial charge in [-0.15, -0.1) is 5.10 Å². The topological polar surface area (TPSA) is 81.4 Å². The van der Waals surface area contributed by atoms with Crippen LogP contribution in [-0.2, 0) is 26.2 Å². The van der Waals surface area contributed by atoms with Gasteiger partial charge in [0.15, 0.2) is 5.82 Å². The number of nitrogens with zero attached hydrogens (tertiary/aromatic N) is 5. The molecule has 0 atom stereocenters. The Morgan fingerprint density at radius 2 is 1.74 bits per heavy atom. The quantitative estimate of drug-likeness (QED) is 0.314. The number of unbranched alkanes of at least 4 members (excludes halogenated alkanes) is 1. The van der Waals surface area contributed by atoms with Crippen molar-refractivity contribution in [2.24, 2.45) is 5.92 Å². The second-order valence-electron chi connectivity index (χ2n) is 9.33. The maximum Gasteiger partial charge on any atom is 0.328 e. The Bertz CT molecular complexity index is 1290. The monoisotopic (exact) mass is 476 g/mol. The molecular formula is C27H33FN6O. The minimum atomic E-state index is -0.619. The van der Waals surface area contributed by atoms with E-state index in [1.54, 1.807) is 9.13 Å². The number of hydrogen-bond donors (Lipinski definition) is 1. The molecule has 1 N–H and O–H groups in total. The molecule has 0 fully saturated rings. The van der Waals surface area contributed by atoms with Crippen molar-refractivity contribution in [1.82, 2.24) is 29.8 Å². The first-order valence-electron chi connectivity index (χ1n) is 12.3. The maximum absolute atomic E-state index is 14.1. The van der Waals surface area contributed by atoms with Gasteiger partial charge in [0.2, 0.25) is 0 Å². The SMILES string of the molecule is CCCCn1c(CF)c(CCC(C)C)n(Cc2ccc(-c3ccccc3-c3nnn[nH]3)cc2)c1=O. The van der Waals surface area contributed by atoms with Crippen LogP contribution >= 0.6 is 0 Å². The fourth-order valence-electron chi connectivity index (χ4n) is 4.44. The molecule has 2 heterocycles. The molecule has 184 valence electrons. The molecular weight excluding hydrogens is 443 g/mol. The van der Waals surface area contributed by atoms with Crippen LogP contribution in [0.15, 0.2) is 53.3 Å². The van der Waals surface area contributed by atoms with E-state index in [0.29, 0.717) is 36.9 Å². The molecule has 0 spiro atoms. The first-order valence-corrected chi connectivity index (χ1v) is 12.3. The van der Waals surface area contributed by atoms with Gasteiger partial charge in [0.25, 0.3) is 0 Å². The second kappa shape index (κ2) is 11.3. The van der Waals surface area contributed by atoms with Crippen LogP contribution in [0.2, 0.25) is 0 Å². The number of H-pyrrole nitrogens is 1. The van der Waals surface area contributed by atoms with E-state index >= 15 is 0 Å². The van der Waals surface area contributed by atoms with E-state index in [9.17, 15) is 9.18 Å². The Morgan fingerprint density at radius 1 is 1.00 bits per heavy atom.